The van der Waals surface area contributed by atoms with E-state index in [1.807, 2.05) is 18.2 Å². The summed E-state index contributed by atoms with van der Waals surface area (Å²) >= 11 is 6.13. The summed E-state index contributed by atoms with van der Waals surface area (Å²) in [7, 11) is 1.58. The van der Waals surface area contributed by atoms with Crippen LogP contribution in [0.1, 0.15) is 18.1 Å². The van der Waals surface area contributed by atoms with Gasteiger partial charge in [0.25, 0.3) is 0 Å². The van der Waals surface area contributed by atoms with Gasteiger partial charge in [0.2, 0.25) is 0 Å². The van der Waals surface area contributed by atoms with E-state index in [9.17, 15) is 4.79 Å². The molecule has 0 aliphatic heterocycles. The molecule has 124 valence electrons. The number of ether oxygens (including phenoxy) is 1. The lowest BCUT2D eigenvalue weighted by Gasteiger charge is -2.11. The van der Waals surface area contributed by atoms with Crippen molar-refractivity contribution in [1.82, 2.24) is 0 Å². The Bertz CT molecular complexity index is 934. The predicted molar refractivity (Wildman–Crippen MR) is 97.2 cm³/mol. The van der Waals surface area contributed by atoms with E-state index in [2.05, 4.69) is 18.3 Å². The minimum Gasteiger partial charge on any atom is -0.495 e. The summed E-state index contributed by atoms with van der Waals surface area (Å²) in [5.41, 5.74) is 3.15. The van der Waals surface area contributed by atoms with Crippen LogP contribution in [0, 0.1) is 0 Å². The van der Waals surface area contributed by atoms with Crippen molar-refractivity contribution in [2.75, 3.05) is 12.4 Å². The molecule has 2 aromatic carbocycles. The Morgan fingerprint density at radius 1 is 1.17 bits per heavy atom. The van der Waals surface area contributed by atoms with Gasteiger partial charge in [-0.25, -0.2) is 4.79 Å². The fraction of sp³-hybridized carbons (Fsp3) is 0.211. The molecule has 1 N–H and O–H groups in total. The van der Waals surface area contributed by atoms with Crippen molar-refractivity contribution in [1.29, 1.82) is 0 Å². The zero-order valence-electron chi connectivity index (χ0n) is 13.6. The van der Waals surface area contributed by atoms with Crippen molar-refractivity contribution >= 4 is 28.3 Å². The van der Waals surface area contributed by atoms with E-state index in [4.69, 9.17) is 20.8 Å². The highest BCUT2D eigenvalue weighted by Gasteiger charge is 2.07. The highest BCUT2D eigenvalue weighted by molar-refractivity contribution is 6.32. The standard InChI is InChI=1S/C19H18ClNO3/c1-3-12-4-6-15-13(9-19(22)24-18(15)8-12)11-21-14-5-7-17(23-2)16(20)10-14/h4-10,21H,3,11H2,1-2H3. The van der Waals surface area contributed by atoms with Gasteiger partial charge in [-0.2, -0.15) is 0 Å². The van der Waals surface area contributed by atoms with E-state index in [-0.39, 0.29) is 5.63 Å². The van der Waals surface area contributed by atoms with Crippen LogP contribution in [-0.2, 0) is 13.0 Å². The second-order valence-electron chi connectivity index (χ2n) is 5.48. The van der Waals surface area contributed by atoms with Gasteiger partial charge < -0.3 is 14.5 Å². The fourth-order valence-corrected chi connectivity index (χ4v) is 2.87. The summed E-state index contributed by atoms with van der Waals surface area (Å²) in [5, 5.41) is 4.74. The molecule has 0 aliphatic rings. The van der Waals surface area contributed by atoms with E-state index in [1.165, 1.54) is 6.07 Å². The molecular formula is C19H18ClNO3. The van der Waals surface area contributed by atoms with Crippen molar-refractivity contribution in [2.45, 2.75) is 19.9 Å². The second kappa shape index (κ2) is 6.97. The minimum atomic E-state index is -0.347. The topological polar surface area (TPSA) is 51.5 Å². The highest BCUT2D eigenvalue weighted by Crippen LogP contribution is 2.28. The third-order valence-corrected chi connectivity index (χ3v) is 4.23. The average molecular weight is 344 g/mol. The second-order valence-corrected chi connectivity index (χ2v) is 5.88. The van der Waals surface area contributed by atoms with Crippen molar-refractivity contribution in [3.05, 3.63) is 69.0 Å². The minimum absolute atomic E-state index is 0.347. The van der Waals surface area contributed by atoms with E-state index < -0.39 is 0 Å². The molecule has 0 atom stereocenters. The SMILES string of the molecule is CCc1ccc2c(CNc3ccc(OC)c(Cl)c3)cc(=O)oc2c1. The zero-order chi connectivity index (χ0) is 17.1. The molecule has 0 amide bonds. The van der Waals surface area contributed by atoms with Gasteiger partial charge >= 0.3 is 5.63 Å². The number of rotatable bonds is 5. The van der Waals surface area contributed by atoms with Crippen LogP contribution in [0.2, 0.25) is 5.02 Å². The Labute approximate surface area is 145 Å². The molecule has 3 rings (SSSR count). The molecule has 0 spiro atoms. The van der Waals surface area contributed by atoms with Crippen LogP contribution in [-0.4, -0.2) is 7.11 Å². The van der Waals surface area contributed by atoms with Crippen molar-refractivity contribution in [3.8, 4) is 5.75 Å². The molecule has 4 nitrogen and oxygen atoms in total. The predicted octanol–water partition coefficient (Wildman–Crippen LogP) is 4.63. The maximum Gasteiger partial charge on any atom is 0.336 e. The first-order valence-electron chi connectivity index (χ1n) is 7.73. The maximum absolute atomic E-state index is 11.8. The molecule has 0 saturated heterocycles. The van der Waals surface area contributed by atoms with Crippen molar-refractivity contribution < 1.29 is 9.15 Å². The van der Waals surface area contributed by atoms with Crippen LogP contribution in [0.3, 0.4) is 0 Å². The van der Waals surface area contributed by atoms with Gasteiger partial charge in [0.05, 0.1) is 12.1 Å². The Kier molecular flexibility index (Phi) is 4.76. The van der Waals surface area contributed by atoms with Gasteiger partial charge in [0.15, 0.2) is 0 Å². The molecule has 24 heavy (non-hydrogen) atoms. The number of methoxy groups -OCH3 is 1. The first-order chi connectivity index (χ1) is 11.6. The van der Waals surface area contributed by atoms with Crippen LogP contribution >= 0.6 is 11.6 Å². The molecule has 5 heteroatoms. The number of fused-ring (bicyclic) bond motifs is 1. The summed E-state index contributed by atoms with van der Waals surface area (Å²) in [4.78, 5) is 11.8. The first-order valence-corrected chi connectivity index (χ1v) is 8.11. The Morgan fingerprint density at radius 3 is 2.71 bits per heavy atom. The Balaban J connectivity index is 1.89. The molecule has 3 aromatic rings. The summed E-state index contributed by atoms with van der Waals surface area (Å²) in [5.74, 6) is 0.625. The summed E-state index contributed by atoms with van der Waals surface area (Å²) in [6.45, 7) is 2.56. The van der Waals surface area contributed by atoms with Gasteiger partial charge in [-0.05, 0) is 41.8 Å². The number of hydrogen-bond donors (Lipinski definition) is 1. The molecule has 0 bridgehead atoms. The molecule has 1 aromatic heterocycles. The highest BCUT2D eigenvalue weighted by atomic mass is 35.5. The lowest BCUT2D eigenvalue weighted by atomic mass is 10.1. The van der Waals surface area contributed by atoms with E-state index >= 15 is 0 Å². The Morgan fingerprint density at radius 2 is 2.00 bits per heavy atom. The van der Waals surface area contributed by atoms with Crippen LogP contribution in [0.5, 0.6) is 5.75 Å². The molecule has 0 saturated carbocycles. The van der Waals surface area contributed by atoms with Gasteiger partial charge in [-0.15, -0.1) is 0 Å². The fourth-order valence-electron chi connectivity index (χ4n) is 2.61. The van der Waals surface area contributed by atoms with Crippen molar-refractivity contribution in [3.63, 3.8) is 0 Å². The average Bonchev–Trinajstić information content (AvgIpc) is 2.59. The summed E-state index contributed by atoms with van der Waals surface area (Å²) in [6.07, 6.45) is 0.895. The lowest BCUT2D eigenvalue weighted by molar-refractivity contribution is 0.415. The summed E-state index contributed by atoms with van der Waals surface area (Å²) < 4.78 is 10.5. The van der Waals surface area contributed by atoms with Gasteiger partial charge in [-0.3, -0.25) is 0 Å². The van der Waals surface area contributed by atoms with Gasteiger partial charge in [-0.1, -0.05) is 30.7 Å². The number of halogens is 1. The zero-order valence-corrected chi connectivity index (χ0v) is 14.3. The lowest BCUT2D eigenvalue weighted by Crippen LogP contribution is -2.06. The summed E-state index contributed by atoms with van der Waals surface area (Å²) in [6, 6.07) is 13.0. The number of nitrogens with one attached hydrogen (secondary N) is 1. The normalized spacial score (nSPS) is 10.8. The van der Waals surface area contributed by atoms with E-state index in [0.717, 1.165) is 28.6 Å². The number of hydrogen-bond acceptors (Lipinski definition) is 4. The largest absolute Gasteiger partial charge is 0.495 e. The van der Waals surface area contributed by atoms with Crippen LogP contribution in [0.4, 0.5) is 5.69 Å². The molecule has 0 aliphatic carbocycles. The van der Waals surface area contributed by atoms with Gasteiger partial charge in [0.1, 0.15) is 11.3 Å². The van der Waals surface area contributed by atoms with E-state index in [0.29, 0.717) is 22.9 Å². The molecule has 0 unspecified atom stereocenters. The number of anilines is 1. The van der Waals surface area contributed by atoms with Gasteiger partial charge in [0, 0.05) is 23.7 Å². The van der Waals surface area contributed by atoms with Crippen LogP contribution in [0.15, 0.2) is 51.7 Å². The molecule has 0 radical (unpaired) electrons. The molecule has 1 heterocycles. The number of aryl methyl sites for hydroxylation is 1. The molecule has 0 fully saturated rings. The van der Waals surface area contributed by atoms with Crippen LogP contribution < -0.4 is 15.7 Å². The third-order valence-electron chi connectivity index (χ3n) is 3.94. The van der Waals surface area contributed by atoms with Crippen molar-refractivity contribution in [2.24, 2.45) is 0 Å². The maximum atomic E-state index is 11.8. The monoisotopic (exact) mass is 343 g/mol. The quantitative estimate of drug-likeness (QED) is 0.686. The smallest absolute Gasteiger partial charge is 0.336 e. The number of benzene rings is 2. The molecular weight excluding hydrogens is 326 g/mol. The Hall–Kier alpha value is -2.46. The van der Waals surface area contributed by atoms with E-state index in [1.54, 1.807) is 19.2 Å². The third kappa shape index (κ3) is 3.39. The first kappa shape index (κ1) is 16.4. The van der Waals surface area contributed by atoms with Crippen LogP contribution in [0.25, 0.3) is 11.0 Å².